The van der Waals surface area contributed by atoms with Gasteiger partial charge >= 0.3 is 0 Å². The van der Waals surface area contributed by atoms with Crippen LogP contribution in [0.4, 0.5) is 5.69 Å². The Morgan fingerprint density at radius 3 is 2.60 bits per heavy atom. The lowest BCUT2D eigenvalue weighted by Gasteiger charge is -2.20. The topological polar surface area (TPSA) is 12.0 Å². The number of hydrogen-bond acceptors (Lipinski definition) is 1. The summed E-state index contributed by atoms with van der Waals surface area (Å²) in [6, 6.07) is 12.6. The van der Waals surface area contributed by atoms with Crippen LogP contribution in [0.15, 0.2) is 45.3 Å². The average Bonchev–Trinajstić information content (AvgIpc) is 2.41. The van der Waals surface area contributed by atoms with E-state index in [0.29, 0.717) is 0 Å². The van der Waals surface area contributed by atoms with Gasteiger partial charge in [-0.25, -0.2) is 0 Å². The Hall–Kier alpha value is -0.510. The number of hydrogen-bond donors (Lipinski definition) is 1. The van der Waals surface area contributed by atoms with Gasteiger partial charge in [-0.05, 0) is 64.7 Å². The van der Waals surface area contributed by atoms with Crippen molar-refractivity contribution < 1.29 is 0 Å². The zero-order valence-electron chi connectivity index (χ0n) is 11.4. The summed E-state index contributed by atoms with van der Waals surface area (Å²) in [5.41, 5.74) is 3.34. The fourth-order valence-electron chi connectivity index (χ4n) is 2.09. The van der Waals surface area contributed by atoms with Gasteiger partial charge in [0.1, 0.15) is 0 Å². The third kappa shape index (κ3) is 3.78. The van der Waals surface area contributed by atoms with Gasteiger partial charge in [0, 0.05) is 14.0 Å². The van der Waals surface area contributed by atoms with E-state index in [-0.39, 0.29) is 6.04 Å². The molecular formula is C16H16Br2ClN. The first-order chi connectivity index (χ1) is 9.51. The molecule has 0 fully saturated rings. The van der Waals surface area contributed by atoms with Gasteiger partial charge < -0.3 is 5.32 Å². The van der Waals surface area contributed by atoms with Crippen molar-refractivity contribution in [3.05, 3.63) is 61.5 Å². The van der Waals surface area contributed by atoms with Crippen molar-refractivity contribution in [3.8, 4) is 0 Å². The molecule has 0 bridgehead atoms. The maximum Gasteiger partial charge on any atom is 0.0512 e. The van der Waals surface area contributed by atoms with E-state index in [2.05, 4.69) is 62.3 Å². The van der Waals surface area contributed by atoms with Gasteiger partial charge in [0.25, 0.3) is 0 Å². The second kappa shape index (κ2) is 6.97. The average molecular weight is 418 g/mol. The van der Waals surface area contributed by atoms with Crippen molar-refractivity contribution >= 4 is 49.1 Å². The minimum Gasteiger partial charge on any atom is -0.377 e. The van der Waals surface area contributed by atoms with Crippen LogP contribution in [0.1, 0.15) is 30.5 Å². The number of nitrogens with one attached hydrogen (secondary N) is 1. The molecule has 1 unspecified atom stereocenters. The van der Waals surface area contributed by atoms with Crippen LogP contribution in [0.3, 0.4) is 0 Å². The largest absolute Gasteiger partial charge is 0.377 e. The molecule has 1 N–H and O–H groups in total. The summed E-state index contributed by atoms with van der Waals surface area (Å²) in [6.07, 6.45) is 0.994. The van der Waals surface area contributed by atoms with Crippen LogP contribution in [-0.4, -0.2) is 0 Å². The predicted molar refractivity (Wildman–Crippen MR) is 94.7 cm³/mol. The minimum atomic E-state index is 0.252. The number of aryl methyl sites for hydroxylation is 1. The van der Waals surface area contributed by atoms with E-state index in [0.717, 1.165) is 31.6 Å². The lowest BCUT2D eigenvalue weighted by molar-refractivity contribution is 0.748. The van der Waals surface area contributed by atoms with Gasteiger partial charge in [0.05, 0.1) is 11.7 Å². The highest BCUT2D eigenvalue weighted by molar-refractivity contribution is 9.10. The summed E-state index contributed by atoms with van der Waals surface area (Å²) in [5.74, 6) is 0. The third-order valence-corrected chi connectivity index (χ3v) is 4.79. The molecule has 0 aliphatic carbocycles. The first kappa shape index (κ1) is 15.9. The molecule has 2 rings (SSSR count). The van der Waals surface area contributed by atoms with E-state index >= 15 is 0 Å². The number of benzene rings is 2. The van der Waals surface area contributed by atoms with Crippen molar-refractivity contribution in [3.63, 3.8) is 0 Å². The van der Waals surface area contributed by atoms with E-state index in [1.807, 2.05) is 25.1 Å². The smallest absolute Gasteiger partial charge is 0.0512 e. The Morgan fingerprint density at radius 1 is 1.20 bits per heavy atom. The van der Waals surface area contributed by atoms with Crippen LogP contribution in [0.5, 0.6) is 0 Å². The maximum atomic E-state index is 6.22. The van der Waals surface area contributed by atoms with E-state index in [1.165, 1.54) is 5.56 Å². The molecule has 0 aliphatic heterocycles. The van der Waals surface area contributed by atoms with Gasteiger partial charge in [0.15, 0.2) is 0 Å². The molecule has 0 saturated carbocycles. The second-order valence-corrected chi connectivity index (χ2v) is 6.92. The molecule has 0 amide bonds. The SMILES string of the molecule is CCC(Nc1cc(Cl)c(C)cc1Br)c1cccc(Br)c1. The number of anilines is 1. The quantitative estimate of drug-likeness (QED) is 0.581. The fraction of sp³-hybridized carbons (Fsp3) is 0.250. The van der Waals surface area contributed by atoms with Gasteiger partial charge in [-0.15, -0.1) is 0 Å². The van der Waals surface area contributed by atoms with Crippen LogP contribution in [-0.2, 0) is 0 Å². The van der Waals surface area contributed by atoms with Crippen LogP contribution in [0, 0.1) is 6.92 Å². The molecule has 1 nitrogen and oxygen atoms in total. The van der Waals surface area contributed by atoms with Crippen molar-refractivity contribution in [1.82, 2.24) is 0 Å². The first-order valence-electron chi connectivity index (χ1n) is 6.49. The molecule has 0 radical (unpaired) electrons. The molecule has 1 atom stereocenters. The van der Waals surface area contributed by atoms with E-state index < -0.39 is 0 Å². The minimum absolute atomic E-state index is 0.252. The second-order valence-electron chi connectivity index (χ2n) is 4.74. The predicted octanol–water partition coefficient (Wildman–Crippen LogP) is 6.74. The van der Waals surface area contributed by atoms with Gasteiger partial charge in [-0.3, -0.25) is 0 Å². The molecule has 0 saturated heterocycles. The molecule has 0 heterocycles. The standard InChI is InChI=1S/C16H16Br2ClN/c1-3-15(11-5-4-6-12(17)8-11)20-16-9-14(19)10(2)7-13(16)18/h4-9,15,20H,3H2,1-2H3. The summed E-state index contributed by atoms with van der Waals surface area (Å²) in [4.78, 5) is 0. The molecule has 0 aliphatic rings. The zero-order chi connectivity index (χ0) is 14.7. The Balaban J connectivity index is 2.29. The molecule has 0 spiro atoms. The van der Waals surface area contributed by atoms with Crippen LogP contribution >= 0.6 is 43.5 Å². The third-order valence-electron chi connectivity index (χ3n) is 3.24. The Kier molecular flexibility index (Phi) is 5.53. The molecule has 0 aromatic heterocycles. The fourth-order valence-corrected chi connectivity index (χ4v) is 3.24. The molecular weight excluding hydrogens is 401 g/mol. The van der Waals surface area contributed by atoms with Crippen molar-refractivity contribution in [2.75, 3.05) is 5.32 Å². The maximum absolute atomic E-state index is 6.22. The van der Waals surface area contributed by atoms with E-state index in [4.69, 9.17) is 11.6 Å². The highest BCUT2D eigenvalue weighted by atomic mass is 79.9. The lowest BCUT2D eigenvalue weighted by atomic mass is 10.0. The van der Waals surface area contributed by atoms with Crippen LogP contribution in [0.2, 0.25) is 5.02 Å². The van der Waals surface area contributed by atoms with Crippen molar-refractivity contribution in [2.45, 2.75) is 26.3 Å². The highest BCUT2D eigenvalue weighted by Gasteiger charge is 2.12. The molecule has 4 heteroatoms. The van der Waals surface area contributed by atoms with E-state index in [9.17, 15) is 0 Å². The monoisotopic (exact) mass is 415 g/mol. The normalized spacial score (nSPS) is 12.2. The highest BCUT2D eigenvalue weighted by Crippen LogP contribution is 2.33. The zero-order valence-corrected chi connectivity index (χ0v) is 15.3. The van der Waals surface area contributed by atoms with Crippen molar-refractivity contribution in [2.24, 2.45) is 0 Å². The Labute approximate surface area is 142 Å². The molecule has 2 aromatic carbocycles. The Bertz CT molecular complexity index is 613. The number of rotatable bonds is 4. The molecule has 20 heavy (non-hydrogen) atoms. The first-order valence-corrected chi connectivity index (χ1v) is 8.45. The summed E-state index contributed by atoms with van der Waals surface area (Å²) in [6.45, 7) is 4.17. The summed E-state index contributed by atoms with van der Waals surface area (Å²) < 4.78 is 2.13. The molecule has 2 aromatic rings. The van der Waals surface area contributed by atoms with Gasteiger partial charge in [0.2, 0.25) is 0 Å². The lowest BCUT2D eigenvalue weighted by Crippen LogP contribution is -2.10. The molecule has 106 valence electrons. The summed E-state index contributed by atoms with van der Waals surface area (Å²) in [7, 11) is 0. The van der Waals surface area contributed by atoms with Gasteiger partial charge in [-0.1, -0.05) is 46.6 Å². The van der Waals surface area contributed by atoms with Gasteiger partial charge in [-0.2, -0.15) is 0 Å². The summed E-state index contributed by atoms with van der Waals surface area (Å²) in [5, 5.41) is 4.33. The summed E-state index contributed by atoms with van der Waals surface area (Å²) >= 11 is 13.3. The number of halogens is 3. The van der Waals surface area contributed by atoms with Crippen LogP contribution < -0.4 is 5.32 Å². The van der Waals surface area contributed by atoms with Crippen molar-refractivity contribution in [1.29, 1.82) is 0 Å². The van der Waals surface area contributed by atoms with Crippen LogP contribution in [0.25, 0.3) is 0 Å². The Morgan fingerprint density at radius 2 is 1.95 bits per heavy atom. The van der Waals surface area contributed by atoms with E-state index in [1.54, 1.807) is 0 Å².